The fraction of sp³-hybridized carbons (Fsp3) is 0.320. The lowest BCUT2D eigenvalue weighted by molar-refractivity contribution is -0.123. The Kier molecular flexibility index (Phi) is 6.19. The van der Waals surface area contributed by atoms with Crippen molar-refractivity contribution in [1.29, 1.82) is 0 Å². The predicted octanol–water partition coefficient (Wildman–Crippen LogP) is 3.85. The van der Waals surface area contributed by atoms with E-state index < -0.39 is 0 Å². The number of fused-ring (bicyclic) bond motifs is 1. The maximum atomic E-state index is 12.6. The number of benzene rings is 3. The fourth-order valence-corrected chi connectivity index (χ4v) is 4.02. The Hall–Kier alpha value is -3.05. The molecule has 1 aliphatic heterocycles. The number of hydrogen-bond acceptors (Lipinski definition) is 4. The van der Waals surface area contributed by atoms with Crippen LogP contribution < -0.4 is 15.0 Å². The minimum Gasteiger partial charge on any atom is -0.497 e. The summed E-state index contributed by atoms with van der Waals surface area (Å²) < 4.78 is 5.33. The molecule has 1 atom stereocenters. The minimum atomic E-state index is -0.0137. The standard InChI is InChI=1S/C25H29N3O2/c1-19(21-11-10-20-6-3-4-7-22(20)16-21)26-25(29)18-27-12-14-28(15-13-27)23-8-5-9-24(17-23)30-2/h3-11,16-17,19H,12-15,18H2,1-2H3,(H,26,29)/t19-/m0/s1. The van der Waals surface area contributed by atoms with E-state index in [1.807, 2.05) is 31.2 Å². The first-order valence-electron chi connectivity index (χ1n) is 10.5. The zero-order chi connectivity index (χ0) is 20.9. The maximum Gasteiger partial charge on any atom is 0.234 e. The van der Waals surface area contributed by atoms with Gasteiger partial charge in [-0.15, -0.1) is 0 Å². The number of anilines is 1. The van der Waals surface area contributed by atoms with Gasteiger partial charge in [0.05, 0.1) is 19.7 Å². The first-order chi connectivity index (χ1) is 14.6. The van der Waals surface area contributed by atoms with Crippen LogP contribution in [0.4, 0.5) is 5.69 Å². The molecule has 1 saturated heterocycles. The summed E-state index contributed by atoms with van der Waals surface area (Å²) in [6.45, 7) is 6.03. The molecule has 1 aliphatic rings. The number of nitrogens with zero attached hydrogens (tertiary/aromatic N) is 2. The van der Waals surface area contributed by atoms with E-state index in [1.165, 1.54) is 16.5 Å². The summed E-state index contributed by atoms with van der Waals surface area (Å²) in [6, 6.07) is 22.8. The van der Waals surface area contributed by atoms with Crippen molar-refractivity contribution in [1.82, 2.24) is 10.2 Å². The van der Waals surface area contributed by atoms with Crippen molar-refractivity contribution in [2.45, 2.75) is 13.0 Å². The molecule has 1 heterocycles. The van der Waals surface area contributed by atoms with Gasteiger partial charge in [0.2, 0.25) is 5.91 Å². The Morgan fingerprint density at radius 1 is 0.967 bits per heavy atom. The summed E-state index contributed by atoms with van der Waals surface area (Å²) in [6.07, 6.45) is 0. The largest absolute Gasteiger partial charge is 0.497 e. The second-order valence-corrected chi connectivity index (χ2v) is 7.86. The molecule has 0 aliphatic carbocycles. The third kappa shape index (κ3) is 4.74. The minimum absolute atomic E-state index is 0.0137. The number of carbonyl (C=O) groups is 1. The van der Waals surface area contributed by atoms with Crippen LogP contribution in [0, 0.1) is 0 Å². The van der Waals surface area contributed by atoms with Gasteiger partial charge in [0, 0.05) is 37.9 Å². The number of hydrogen-bond donors (Lipinski definition) is 1. The highest BCUT2D eigenvalue weighted by Gasteiger charge is 2.20. The zero-order valence-corrected chi connectivity index (χ0v) is 17.7. The second kappa shape index (κ2) is 9.18. The average molecular weight is 404 g/mol. The number of piperazine rings is 1. The number of carbonyl (C=O) groups excluding carboxylic acids is 1. The molecular formula is C25H29N3O2. The van der Waals surface area contributed by atoms with E-state index in [9.17, 15) is 4.79 Å². The molecule has 5 nitrogen and oxygen atoms in total. The van der Waals surface area contributed by atoms with E-state index in [2.05, 4.69) is 57.6 Å². The summed E-state index contributed by atoms with van der Waals surface area (Å²) in [4.78, 5) is 17.2. The molecule has 0 saturated carbocycles. The summed E-state index contributed by atoms with van der Waals surface area (Å²) in [5, 5.41) is 5.57. The van der Waals surface area contributed by atoms with Crippen LogP contribution in [0.5, 0.6) is 5.75 Å². The van der Waals surface area contributed by atoms with Gasteiger partial charge in [-0.05, 0) is 41.5 Å². The van der Waals surface area contributed by atoms with Crippen molar-refractivity contribution in [3.63, 3.8) is 0 Å². The number of nitrogens with one attached hydrogen (secondary N) is 1. The summed E-state index contributed by atoms with van der Waals surface area (Å²) >= 11 is 0. The lowest BCUT2D eigenvalue weighted by Crippen LogP contribution is -2.49. The average Bonchev–Trinajstić information content (AvgIpc) is 2.79. The van der Waals surface area contributed by atoms with Crippen LogP contribution >= 0.6 is 0 Å². The van der Waals surface area contributed by atoms with Crippen LogP contribution in [0.3, 0.4) is 0 Å². The maximum absolute atomic E-state index is 12.6. The first-order valence-corrected chi connectivity index (χ1v) is 10.5. The third-order valence-corrected chi connectivity index (χ3v) is 5.81. The van der Waals surface area contributed by atoms with Gasteiger partial charge in [-0.1, -0.05) is 42.5 Å². The molecule has 0 spiro atoms. The van der Waals surface area contributed by atoms with Crippen molar-refractivity contribution in [3.05, 3.63) is 72.3 Å². The van der Waals surface area contributed by atoms with Crippen LogP contribution in [0.1, 0.15) is 18.5 Å². The van der Waals surface area contributed by atoms with Crippen LogP contribution in [0.25, 0.3) is 10.8 Å². The highest BCUT2D eigenvalue weighted by Crippen LogP contribution is 2.22. The SMILES string of the molecule is COc1cccc(N2CCN(CC(=O)N[C@@H](C)c3ccc4ccccc4c3)CC2)c1. The molecule has 0 unspecified atom stereocenters. The third-order valence-electron chi connectivity index (χ3n) is 5.81. The molecule has 0 aromatic heterocycles. The second-order valence-electron chi connectivity index (χ2n) is 7.86. The van der Waals surface area contributed by atoms with E-state index in [-0.39, 0.29) is 11.9 Å². The first kappa shape index (κ1) is 20.2. The van der Waals surface area contributed by atoms with E-state index in [4.69, 9.17) is 4.74 Å². The van der Waals surface area contributed by atoms with Gasteiger partial charge in [-0.3, -0.25) is 9.69 Å². The Morgan fingerprint density at radius 2 is 1.73 bits per heavy atom. The highest BCUT2D eigenvalue weighted by atomic mass is 16.5. The van der Waals surface area contributed by atoms with Crippen molar-refractivity contribution in [3.8, 4) is 5.75 Å². The van der Waals surface area contributed by atoms with Crippen molar-refractivity contribution < 1.29 is 9.53 Å². The lowest BCUT2D eigenvalue weighted by atomic mass is 10.0. The Bertz CT molecular complexity index is 1010. The normalized spacial score (nSPS) is 15.7. The Balaban J connectivity index is 1.29. The van der Waals surface area contributed by atoms with Crippen molar-refractivity contribution in [2.24, 2.45) is 0 Å². The number of methoxy groups -OCH3 is 1. The van der Waals surface area contributed by atoms with Gasteiger partial charge in [0.1, 0.15) is 5.75 Å². The molecule has 1 amide bonds. The topological polar surface area (TPSA) is 44.8 Å². The van der Waals surface area contributed by atoms with Gasteiger partial charge in [-0.25, -0.2) is 0 Å². The molecule has 4 rings (SSSR count). The van der Waals surface area contributed by atoms with E-state index in [0.717, 1.165) is 37.5 Å². The van der Waals surface area contributed by atoms with Crippen molar-refractivity contribution in [2.75, 3.05) is 44.7 Å². The zero-order valence-electron chi connectivity index (χ0n) is 17.7. The van der Waals surface area contributed by atoms with Gasteiger partial charge in [-0.2, -0.15) is 0 Å². The monoisotopic (exact) mass is 403 g/mol. The molecule has 0 bridgehead atoms. The van der Waals surface area contributed by atoms with Crippen LogP contribution in [-0.2, 0) is 4.79 Å². The number of ether oxygens (including phenoxy) is 1. The fourth-order valence-electron chi connectivity index (χ4n) is 4.02. The predicted molar refractivity (Wildman–Crippen MR) is 122 cm³/mol. The van der Waals surface area contributed by atoms with Gasteiger partial charge in [0.15, 0.2) is 0 Å². The Morgan fingerprint density at radius 3 is 2.50 bits per heavy atom. The van der Waals surface area contributed by atoms with Gasteiger partial charge < -0.3 is 15.0 Å². The van der Waals surface area contributed by atoms with Gasteiger partial charge in [0.25, 0.3) is 0 Å². The number of rotatable bonds is 6. The molecule has 5 heteroatoms. The smallest absolute Gasteiger partial charge is 0.234 e. The van der Waals surface area contributed by atoms with E-state index in [0.29, 0.717) is 6.54 Å². The van der Waals surface area contributed by atoms with Crippen LogP contribution in [0.15, 0.2) is 66.7 Å². The van der Waals surface area contributed by atoms with Gasteiger partial charge >= 0.3 is 0 Å². The summed E-state index contributed by atoms with van der Waals surface area (Å²) in [5.74, 6) is 0.947. The van der Waals surface area contributed by atoms with Crippen LogP contribution in [-0.4, -0.2) is 50.6 Å². The molecule has 0 radical (unpaired) electrons. The van der Waals surface area contributed by atoms with E-state index in [1.54, 1.807) is 7.11 Å². The molecule has 1 fully saturated rings. The Labute approximate surface area is 178 Å². The summed E-state index contributed by atoms with van der Waals surface area (Å²) in [7, 11) is 1.69. The molecule has 1 N–H and O–H groups in total. The number of amides is 1. The molecular weight excluding hydrogens is 374 g/mol. The summed E-state index contributed by atoms with van der Waals surface area (Å²) in [5.41, 5.74) is 2.30. The quantitative estimate of drug-likeness (QED) is 0.679. The highest BCUT2D eigenvalue weighted by molar-refractivity contribution is 5.83. The molecule has 156 valence electrons. The van der Waals surface area contributed by atoms with E-state index >= 15 is 0 Å². The molecule has 3 aromatic rings. The van der Waals surface area contributed by atoms with Crippen molar-refractivity contribution >= 4 is 22.4 Å². The molecule has 30 heavy (non-hydrogen) atoms. The molecule has 3 aromatic carbocycles. The van der Waals surface area contributed by atoms with Crippen LogP contribution in [0.2, 0.25) is 0 Å². The lowest BCUT2D eigenvalue weighted by Gasteiger charge is -2.36.